The van der Waals surface area contributed by atoms with Crippen molar-refractivity contribution in [3.05, 3.63) is 131 Å². The number of sulfonamides is 1. The molecular weight excluding hydrogens is 683 g/mol. The van der Waals surface area contributed by atoms with Gasteiger partial charge < -0.3 is 15.3 Å². The van der Waals surface area contributed by atoms with E-state index in [1.165, 1.54) is 23.8 Å². The van der Waals surface area contributed by atoms with E-state index in [2.05, 4.69) is 68.4 Å². The molecule has 12 heteroatoms. The van der Waals surface area contributed by atoms with Gasteiger partial charge in [-0.05, 0) is 89.8 Å². The third kappa shape index (κ3) is 9.07. The molecule has 2 atom stereocenters. The van der Waals surface area contributed by atoms with Crippen molar-refractivity contribution in [1.29, 1.82) is 0 Å². The van der Waals surface area contributed by atoms with Gasteiger partial charge in [0.15, 0.2) is 0 Å². The van der Waals surface area contributed by atoms with Crippen LogP contribution in [0.4, 0.5) is 17.1 Å². The van der Waals surface area contributed by atoms with Crippen molar-refractivity contribution in [3.8, 4) is 16.9 Å². The fraction of sp³-hybridized carbons (Fsp3) is 0.256. The molecule has 264 valence electrons. The first-order valence-corrected chi connectivity index (χ1v) is 19.5. The van der Waals surface area contributed by atoms with Gasteiger partial charge in [0.2, 0.25) is 0 Å². The van der Waals surface area contributed by atoms with Crippen molar-refractivity contribution < 1.29 is 18.3 Å². The third-order valence-electron chi connectivity index (χ3n) is 9.22. The average Bonchev–Trinajstić information content (AvgIpc) is 3.16. The molecule has 1 fully saturated rings. The number of carbonyl (C=O) groups excluding carboxylic acids is 1. The van der Waals surface area contributed by atoms with E-state index in [1.54, 1.807) is 36.0 Å². The second kappa shape index (κ2) is 16.4. The summed E-state index contributed by atoms with van der Waals surface area (Å²) in [5.41, 5.74) is 4.80. The van der Waals surface area contributed by atoms with E-state index in [0.29, 0.717) is 17.5 Å². The monoisotopic (exact) mass is 723 g/mol. The van der Waals surface area contributed by atoms with Gasteiger partial charge in [-0.25, -0.2) is 13.1 Å². The number of phenols is 1. The highest BCUT2D eigenvalue weighted by Crippen LogP contribution is 2.30. The molecular formula is C39H41N5O5S2. The van der Waals surface area contributed by atoms with E-state index in [9.17, 15) is 23.2 Å². The van der Waals surface area contributed by atoms with Gasteiger partial charge in [-0.3, -0.25) is 9.69 Å². The maximum absolute atomic E-state index is 13.1. The summed E-state index contributed by atoms with van der Waals surface area (Å²) in [5, 5.41) is 16.4. The first kappa shape index (κ1) is 35.9. The van der Waals surface area contributed by atoms with Crippen LogP contribution >= 0.6 is 11.8 Å². The molecule has 0 spiro atoms. The Morgan fingerprint density at radius 2 is 1.71 bits per heavy atom. The average molecular weight is 724 g/mol. The van der Waals surface area contributed by atoms with E-state index in [1.807, 2.05) is 36.4 Å². The summed E-state index contributed by atoms with van der Waals surface area (Å²) in [5.74, 6) is 0.282. The molecule has 0 bridgehead atoms. The lowest BCUT2D eigenvalue weighted by molar-refractivity contribution is 0.0981. The van der Waals surface area contributed by atoms with Crippen LogP contribution in [0.15, 0.2) is 125 Å². The molecule has 4 aromatic rings. The normalized spacial score (nSPS) is 16.8. The van der Waals surface area contributed by atoms with Crippen LogP contribution in [0.25, 0.3) is 11.1 Å². The minimum atomic E-state index is -4.25. The molecule has 0 radical (unpaired) electrons. The van der Waals surface area contributed by atoms with Crippen LogP contribution < -0.4 is 14.9 Å². The topological polar surface area (TPSA) is 131 Å². The highest BCUT2D eigenvalue weighted by Gasteiger charge is 2.24. The highest BCUT2D eigenvalue weighted by atomic mass is 32.2. The number of nitrogens with zero attached hydrogens (tertiary/aromatic N) is 3. The number of hydrogen-bond donors (Lipinski definition) is 3. The van der Waals surface area contributed by atoms with E-state index in [0.717, 1.165) is 55.2 Å². The zero-order chi connectivity index (χ0) is 35.8. The standard InChI is InChI=1S/C39H41N5O5S2/c1-28(29-10-12-30(13-11-29)32-6-5-7-34(45)26-32)43-21-23-44(24-22-43)33-16-14-31(15-17-33)39(46)42-51(48,49)36-18-19-37(38(27-36)41-47)40-20-25-50-35-8-3-2-4-9-35/h2-8,10-19,26-28,35,40,45H,9,20-25H2,1H3,(H,42,46)/t28?,35-/m1/s1. The molecule has 3 N–H and O–H groups in total. The maximum atomic E-state index is 13.1. The van der Waals surface area contributed by atoms with Crippen LogP contribution in [0.1, 0.15) is 35.3 Å². The molecule has 10 nitrogen and oxygen atoms in total. The lowest BCUT2D eigenvalue weighted by atomic mass is 10.00. The maximum Gasteiger partial charge on any atom is 0.264 e. The number of benzene rings is 4. The van der Waals surface area contributed by atoms with Gasteiger partial charge in [0, 0.05) is 61.0 Å². The number of allylic oxidation sites excluding steroid dienone is 3. The van der Waals surface area contributed by atoms with Crippen molar-refractivity contribution in [2.75, 3.05) is 48.7 Å². The number of aromatic hydroxyl groups is 1. The zero-order valence-corrected chi connectivity index (χ0v) is 29.9. The molecule has 0 aromatic heterocycles. The van der Waals surface area contributed by atoms with Gasteiger partial charge in [-0.2, -0.15) is 11.8 Å². The molecule has 1 aliphatic carbocycles. The fourth-order valence-electron chi connectivity index (χ4n) is 6.26. The van der Waals surface area contributed by atoms with E-state index in [4.69, 9.17) is 0 Å². The SMILES string of the molecule is CC(c1ccc(-c2cccc(O)c2)cc1)N1CCN(c2ccc(C(=O)NS(=O)(=O)c3ccc(NCCS[C@@H]4C=CC=CC4)c(N=O)c3)cc2)CC1. The Morgan fingerprint density at radius 3 is 2.39 bits per heavy atom. The van der Waals surface area contributed by atoms with Gasteiger partial charge in [0.05, 0.1) is 10.6 Å². The van der Waals surface area contributed by atoms with Crippen molar-refractivity contribution >= 4 is 44.8 Å². The van der Waals surface area contributed by atoms with Crippen LogP contribution in [0.3, 0.4) is 0 Å². The lowest BCUT2D eigenvalue weighted by Gasteiger charge is -2.39. The number of nitroso groups, excluding NO2 is 1. The second-order valence-corrected chi connectivity index (χ2v) is 15.5. The molecule has 6 rings (SSSR count). The Balaban J connectivity index is 0.994. The number of thioether (sulfide) groups is 1. The smallest absolute Gasteiger partial charge is 0.264 e. The molecule has 0 saturated carbocycles. The Bertz CT molecular complexity index is 2010. The summed E-state index contributed by atoms with van der Waals surface area (Å²) >= 11 is 1.79. The van der Waals surface area contributed by atoms with Gasteiger partial charge in [0.1, 0.15) is 11.4 Å². The van der Waals surface area contributed by atoms with E-state index in [-0.39, 0.29) is 27.9 Å². The summed E-state index contributed by atoms with van der Waals surface area (Å²) in [6.07, 6.45) is 9.31. The van der Waals surface area contributed by atoms with E-state index < -0.39 is 15.9 Å². The van der Waals surface area contributed by atoms with Gasteiger partial charge in [-0.15, -0.1) is 4.91 Å². The van der Waals surface area contributed by atoms with Crippen molar-refractivity contribution in [2.45, 2.75) is 29.5 Å². The summed E-state index contributed by atoms with van der Waals surface area (Å²) in [6.45, 7) is 6.10. The molecule has 2 aliphatic rings. The highest BCUT2D eigenvalue weighted by molar-refractivity contribution is 8.00. The quantitative estimate of drug-likeness (QED) is 0.0949. The molecule has 1 heterocycles. The molecule has 1 aliphatic heterocycles. The largest absolute Gasteiger partial charge is 0.508 e. The van der Waals surface area contributed by atoms with Crippen molar-refractivity contribution in [3.63, 3.8) is 0 Å². The first-order chi connectivity index (χ1) is 24.7. The molecule has 4 aromatic carbocycles. The molecule has 51 heavy (non-hydrogen) atoms. The Hall–Kier alpha value is -4.91. The number of rotatable bonds is 13. The minimum Gasteiger partial charge on any atom is -0.508 e. The molecule has 1 saturated heterocycles. The molecule has 1 amide bonds. The number of phenolic OH excluding ortho intramolecular Hbond substituents is 1. The van der Waals surface area contributed by atoms with Gasteiger partial charge in [0.25, 0.3) is 15.9 Å². The van der Waals surface area contributed by atoms with Crippen LogP contribution in [0.2, 0.25) is 0 Å². The van der Waals surface area contributed by atoms with Crippen LogP contribution in [-0.4, -0.2) is 68.1 Å². The van der Waals surface area contributed by atoms with Crippen LogP contribution in [0, 0.1) is 4.91 Å². The lowest BCUT2D eigenvalue weighted by Crippen LogP contribution is -2.47. The number of nitrogens with one attached hydrogen (secondary N) is 2. The summed E-state index contributed by atoms with van der Waals surface area (Å²) in [7, 11) is -4.25. The Kier molecular flexibility index (Phi) is 11.5. The number of amides is 1. The first-order valence-electron chi connectivity index (χ1n) is 16.9. The van der Waals surface area contributed by atoms with Crippen LogP contribution in [-0.2, 0) is 10.0 Å². The van der Waals surface area contributed by atoms with Gasteiger partial charge in [-0.1, -0.05) is 60.7 Å². The number of anilines is 2. The summed E-state index contributed by atoms with van der Waals surface area (Å²) < 4.78 is 28.3. The predicted octanol–water partition coefficient (Wildman–Crippen LogP) is 7.49. The Labute approximate surface area is 303 Å². The number of carbonyl (C=O) groups is 1. The van der Waals surface area contributed by atoms with E-state index >= 15 is 0 Å². The minimum absolute atomic E-state index is 0.0440. The number of hydrogen-bond acceptors (Lipinski definition) is 10. The fourth-order valence-corrected chi connectivity index (χ4v) is 8.23. The second-order valence-electron chi connectivity index (χ2n) is 12.5. The van der Waals surface area contributed by atoms with Crippen molar-refractivity contribution in [1.82, 2.24) is 9.62 Å². The third-order valence-corrected chi connectivity index (χ3v) is 11.8. The predicted molar refractivity (Wildman–Crippen MR) is 206 cm³/mol. The van der Waals surface area contributed by atoms with Crippen LogP contribution in [0.5, 0.6) is 5.75 Å². The summed E-state index contributed by atoms with van der Waals surface area (Å²) in [6, 6.07) is 26.8. The van der Waals surface area contributed by atoms with Gasteiger partial charge >= 0.3 is 0 Å². The summed E-state index contributed by atoms with van der Waals surface area (Å²) in [4.78, 5) is 29.0. The number of piperazine rings is 1. The van der Waals surface area contributed by atoms with Crippen molar-refractivity contribution in [2.24, 2.45) is 5.18 Å². The zero-order valence-electron chi connectivity index (χ0n) is 28.3. The Morgan fingerprint density at radius 1 is 0.941 bits per heavy atom. The molecule has 1 unspecified atom stereocenters.